The number of ether oxygens (including phenoxy) is 2. The number of carbonyl (C=O) groups excluding carboxylic acids is 2. The van der Waals surface area contributed by atoms with E-state index in [0.29, 0.717) is 28.5 Å². The first-order chi connectivity index (χ1) is 17.5. The number of aromatic nitrogens is 1. The smallest absolute Gasteiger partial charge is 0.263 e. The summed E-state index contributed by atoms with van der Waals surface area (Å²) < 4.78 is 12.4. The number of fused-ring (bicyclic) bond motifs is 2. The topological polar surface area (TPSA) is 84.0 Å². The fraction of sp³-hybridized carbons (Fsp3) is 0.296. The van der Waals surface area contributed by atoms with Crippen molar-refractivity contribution in [2.45, 2.75) is 0 Å². The van der Waals surface area contributed by atoms with E-state index in [9.17, 15) is 9.59 Å². The summed E-state index contributed by atoms with van der Waals surface area (Å²) in [6.07, 6.45) is 1.68. The van der Waals surface area contributed by atoms with Gasteiger partial charge in [0.25, 0.3) is 11.8 Å². The number of nitrogens with one attached hydrogen (secondary N) is 1. The minimum Gasteiger partial charge on any atom is -0.456 e. The Morgan fingerprint density at radius 3 is 2.78 bits per heavy atom. The van der Waals surface area contributed by atoms with Gasteiger partial charge in [-0.25, -0.2) is 0 Å². The van der Waals surface area contributed by atoms with E-state index in [1.54, 1.807) is 37.3 Å². The van der Waals surface area contributed by atoms with Crippen LogP contribution in [0.3, 0.4) is 0 Å². The molecule has 9 heteroatoms. The second-order valence-electron chi connectivity index (χ2n) is 8.83. The quantitative estimate of drug-likeness (QED) is 0.410. The first-order valence-electron chi connectivity index (χ1n) is 11.9. The monoisotopic (exact) mass is 504 g/mol. The Morgan fingerprint density at radius 1 is 1.14 bits per heavy atom. The van der Waals surface area contributed by atoms with Crippen LogP contribution < -0.4 is 10.1 Å². The normalized spacial score (nSPS) is 14.2. The van der Waals surface area contributed by atoms with Gasteiger partial charge in [0.15, 0.2) is 0 Å². The maximum absolute atomic E-state index is 12.9. The molecule has 0 aliphatic carbocycles. The molecule has 0 bridgehead atoms. The number of hydrogen-bond acceptors (Lipinski definition) is 7. The highest BCUT2D eigenvalue weighted by Gasteiger charge is 2.17. The third kappa shape index (κ3) is 5.18. The first-order valence-corrected chi connectivity index (χ1v) is 12.7. The lowest BCUT2D eigenvalue weighted by Gasteiger charge is -2.26. The molecule has 0 atom stereocenters. The lowest BCUT2D eigenvalue weighted by atomic mass is 10.0. The van der Waals surface area contributed by atoms with Gasteiger partial charge in [0.05, 0.1) is 28.3 Å². The maximum Gasteiger partial charge on any atom is 0.263 e. The molecular weight excluding hydrogens is 476 g/mol. The van der Waals surface area contributed by atoms with Crippen LogP contribution in [-0.4, -0.2) is 80.1 Å². The number of amides is 2. The van der Waals surface area contributed by atoms with E-state index in [0.717, 1.165) is 53.8 Å². The number of thiophene rings is 1. The van der Waals surface area contributed by atoms with Gasteiger partial charge in [-0.1, -0.05) is 12.1 Å². The van der Waals surface area contributed by atoms with Gasteiger partial charge in [-0.05, 0) is 41.1 Å². The second kappa shape index (κ2) is 10.6. The fourth-order valence-corrected chi connectivity index (χ4v) is 5.31. The van der Waals surface area contributed by atoms with Crippen molar-refractivity contribution >= 4 is 44.1 Å². The molecule has 1 aliphatic rings. The van der Waals surface area contributed by atoms with E-state index >= 15 is 0 Å². The van der Waals surface area contributed by atoms with Crippen LogP contribution in [0.4, 0.5) is 0 Å². The van der Waals surface area contributed by atoms with Crippen LogP contribution in [0.25, 0.3) is 21.0 Å². The van der Waals surface area contributed by atoms with Crippen LogP contribution in [0.15, 0.2) is 54.7 Å². The summed E-state index contributed by atoms with van der Waals surface area (Å²) >= 11 is 1.37. The fourth-order valence-electron chi connectivity index (χ4n) is 4.22. The van der Waals surface area contributed by atoms with Gasteiger partial charge in [0, 0.05) is 58.1 Å². The lowest BCUT2D eigenvalue weighted by molar-refractivity contribution is 0.0383. The number of morpholine rings is 1. The van der Waals surface area contributed by atoms with Crippen molar-refractivity contribution in [1.82, 2.24) is 20.1 Å². The zero-order chi connectivity index (χ0) is 25.1. The van der Waals surface area contributed by atoms with E-state index < -0.39 is 0 Å². The van der Waals surface area contributed by atoms with E-state index in [-0.39, 0.29) is 11.8 Å². The Labute approximate surface area is 213 Å². The van der Waals surface area contributed by atoms with Crippen LogP contribution in [-0.2, 0) is 4.74 Å². The van der Waals surface area contributed by atoms with Crippen LogP contribution in [0.1, 0.15) is 20.0 Å². The highest BCUT2D eigenvalue weighted by atomic mass is 32.1. The maximum atomic E-state index is 12.9. The molecule has 0 spiro atoms. The minimum absolute atomic E-state index is 0.0644. The summed E-state index contributed by atoms with van der Waals surface area (Å²) in [5.74, 6) is 1.13. The third-order valence-electron chi connectivity index (χ3n) is 6.13. The van der Waals surface area contributed by atoms with Crippen LogP contribution in [0.5, 0.6) is 11.5 Å². The minimum atomic E-state index is -0.0879. The Morgan fingerprint density at radius 2 is 1.97 bits per heavy atom. The Hall–Kier alpha value is -3.53. The molecule has 5 rings (SSSR count). The van der Waals surface area contributed by atoms with Gasteiger partial charge in [-0.3, -0.25) is 19.5 Å². The van der Waals surface area contributed by atoms with Crippen molar-refractivity contribution in [3.8, 4) is 11.5 Å². The number of hydrogen-bond donors (Lipinski definition) is 1. The molecule has 8 nitrogen and oxygen atoms in total. The highest BCUT2D eigenvalue weighted by Crippen LogP contribution is 2.36. The van der Waals surface area contributed by atoms with Gasteiger partial charge in [-0.15, -0.1) is 11.3 Å². The number of carbonyl (C=O) groups is 2. The Bertz CT molecular complexity index is 1410. The summed E-state index contributed by atoms with van der Waals surface area (Å²) in [6, 6.07) is 15.0. The Kier molecular flexibility index (Phi) is 7.13. The predicted octanol–water partition coefficient (Wildman–Crippen LogP) is 4.01. The summed E-state index contributed by atoms with van der Waals surface area (Å²) in [4.78, 5) is 34.1. The van der Waals surface area contributed by atoms with Gasteiger partial charge < -0.3 is 19.7 Å². The third-order valence-corrected chi connectivity index (χ3v) is 7.26. The molecule has 4 aromatic rings. The van der Waals surface area contributed by atoms with E-state index in [1.807, 2.05) is 36.4 Å². The highest BCUT2D eigenvalue weighted by molar-refractivity contribution is 7.21. The standard InChI is InChI=1S/C27H28N4O4S/c1-30(2)27(33)24-17-22-25(36-24)23(8-9-28-22)35-19-6-7-20-18(16-19)4-3-5-21(20)26(32)29-10-11-31-12-14-34-15-13-31/h3-9,16-17H,10-15H2,1-2H3,(H,29,32). The number of pyridine rings is 1. The largest absolute Gasteiger partial charge is 0.456 e. The number of benzene rings is 2. The molecule has 186 valence electrons. The molecule has 1 aliphatic heterocycles. The van der Waals surface area contributed by atoms with E-state index in [4.69, 9.17) is 9.47 Å². The first kappa shape index (κ1) is 24.2. The molecular formula is C27H28N4O4S. The molecule has 2 amide bonds. The number of rotatable bonds is 7. The second-order valence-corrected chi connectivity index (χ2v) is 9.89. The van der Waals surface area contributed by atoms with Crippen molar-refractivity contribution in [2.75, 3.05) is 53.5 Å². The van der Waals surface area contributed by atoms with E-state index in [1.165, 1.54) is 11.3 Å². The molecule has 0 saturated carbocycles. The van der Waals surface area contributed by atoms with E-state index in [2.05, 4.69) is 15.2 Å². The molecule has 1 fully saturated rings. The molecule has 3 heterocycles. The molecule has 0 radical (unpaired) electrons. The predicted molar refractivity (Wildman–Crippen MR) is 141 cm³/mol. The zero-order valence-corrected chi connectivity index (χ0v) is 21.1. The molecule has 1 saturated heterocycles. The molecule has 36 heavy (non-hydrogen) atoms. The molecule has 2 aromatic carbocycles. The average Bonchev–Trinajstić information content (AvgIpc) is 3.33. The summed E-state index contributed by atoms with van der Waals surface area (Å²) in [7, 11) is 3.45. The molecule has 1 N–H and O–H groups in total. The number of nitrogens with zero attached hydrogens (tertiary/aromatic N) is 3. The van der Waals surface area contributed by atoms with Crippen LogP contribution >= 0.6 is 11.3 Å². The van der Waals surface area contributed by atoms with Gasteiger partial charge in [0.1, 0.15) is 11.5 Å². The van der Waals surface area contributed by atoms with Crippen molar-refractivity contribution in [3.63, 3.8) is 0 Å². The summed E-state index contributed by atoms with van der Waals surface area (Å²) in [5, 5.41) is 4.82. The SMILES string of the molecule is CN(C)C(=O)c1cc2nccc(Oc3ccc4c(C(=O)NCCN5CCOCC5)cccc4c3)c2s1. The average molecular weight is 505 g/mol. The van der Waals surface area contributed by atoms with Gasteiger partial charge in [-0.2, -0.15) is 0 Å². The van der Waals surface area contributed by atoms with Gasteiger partial charge in [0.2, 0.25) is 0 Å². The molecule has 2 aromatic heterocycles. The van der Waals surface area contributed by atoms with Crippen molar-refractivity contribution in [2.24, 2.45) is 0 Å². The van der Waals surface area contributed by atoms with Crippen molar-refractivity contribution in [3.05, 3.63) is 65.2 Å². The summed E-state index contributed by atoms with van der Waals surface area (Å²) in [5.41, 5.74) is 1.36. The molecule has 0 unspecified atom stereocenters. The Balaban J connectivity index is 1.33. The lowest BCUT2D eigenvalue weighted by Crippen LogP contribution is -2.41. The summed E-state index contributed by atoms with van der Waals surface area (Å²) in [6.45, 7) is 4.68. The van der Waals surface area contributed by atoms with Gasteiger partial charge >= 0.3 is 0 Å². The van der Waals surface area contributed by atoms with Crippen LogP contribution in [0.2, 0.25) is 0 Å². The van der Waals surface area contributed by atoms with Crippen molar-refractivity contribution < 1.29 is 19.1 Å². The van der Waals surface area contributed by atoms with Crippen LogP contribution in [0, 0.1) is 0 Å². The van der Waals surface area contributed by atoms with Crippen molar-refractivity contribution in [1.29, 1.82) is 0 Å². The zero-order valence-electron chi connectivity index (χ0n) is 20.3.